The van der Waals surface area contributed by atoms with E-state index in [9.17, 15) is 10.1 Å². The molecule has 0 fully saturated rings. The fraction of sp³-hybridized carbons (Fsp3) is 0.200. The van der Waals surface area contributed by atoms with Crippen LogP contribution in [-0.4, -0.2) is 11.5 Å². The third-order valence-corrected chi connectivity index (χ3v) is 2.82. The third-order valence-electron chi connectivity index (χ3n) is 2.82. The average molecular weight is 272 g/mol. The van der Waals surface area contributed by atoms with E-state index < -0.39 is 0 Å². The van der Waals surface area contributed by atoms with Crippen molar-refractivity contribution in [1.29, 1.82) is 0 Å². The number of anilines is 1. The van der Waals surface area contributed by atoms with Crippen molar-refractivity contribution >= 4 is 11.4 Å². The second kappa shape index (κ2) is 6.56. The van der Waals surface area contributed by atoms with Crippen LogP contribution in [0, 0.1) is 10.1 Å². The summed E-state index contributed by atoms with van der Waals surface area (Å²) in [4.78, 5) is 10.7. The van der Waals surface area contributed by atoms with Gasteiger partial charge in [-0.15, -0.1) is 0 Å². The molecule has 0 heterocycles. The van der Waals surface area contributed by atoms with Gasteiger partial charge in [0.25, 0.3) is 5.69 Å². The van der Waals surface area contributed by atoms with Gasteiger partial charge in [0.05, 0.1) is 4.92 Å². The lowest BCUT2D eigenvalue weighted by Crippen LogP contribution is -2.06. The van der Waals surface area contributed by atoms with Crippen LogP contribution in [0.1, 0.15) is 12.5 Å². The summed E-state index contributed by atoms with van der Waals surface area (Å²) >= 11 is 0. The van der Waals surface area contributed by atoms with E-state index in [4.69, 9.17) is 4.74 Å². The highest BCUT2D eigenvalue weighted by Crippen LogP contribution is 2.29. The van der Waals surface area contributed by atoms with Gasteiger partial charge in [-0.3, -0.25) is 10.1 Å². The molecule has 0 amide bonds. The molecule has 0 atom stereocenters. The number of nitrogens with zero attached hydrogens (tertiary/aromatic N) is 1. The zero-order chi connectivity index (χ0) is 14.4. The molecule has 0 aliphatic carbocycles. The second-order valence-electron chi connectivity index (χ2n) is 4.20. The first kappa shape index (κ1) is 13.9. The van der Waals surface area contributed by atoms with Crippen molar-refractivity contribution in [3.05, 3.63) is 64.2 Å². The van der Waals surface area contributed by atoms with Crippen LogP contribution < -0.4 is 10.1 Å². The summed E-state index contributed by atoms with van der Waals surface area (Å²) in [5.41, 5.74) is 1.36. The van der Waals surface area contributed by atoms with Gasteiger partial charge in [-0.2, -0.15) is 0 Å². The van der Waals surface area contributed by atoms with Crippen LogP contribution >= 0.6 is 0 Å². The molecule has 1 N–H and O–H groups in total. The van der Waals surface area contributed by atoms with Crippen LogP contribution in [0.3, 0.4) is 0 Å². The summed E-state index contributed by atoms with van der Waals surface area (Å²) in [5.74, 6) is 0.737. The van der Waals surface area contributed by atoms with Gasteiger partial charge in [0.1, 0.15) is 18.0 Å². The number of rotatable bonds is 6. The summed E-state index contributed by atoms with van der Waals surface area (Å²) in [5, 5.41) is 14.1. The van der Waals surface area contributed by atoms with E-state index >= 15 is 0 Å². The fourth-order valence-electron chi connectivity index (χ4n) is 1.92. The van der Waals surface area contributed by atoms with Gasteiger partial charge >= 0.3 is 0 Å². The summed E-state index contributed by atoms with van der Waals surface area (Å²) in [7, 11) is 0. The molecule has 0 radical (unpaired) electrons. The molecule has 0 aliphatic rings. The first-order valence-corrected chi connectivity index (χ1v) is 6.40. The predicted octanol–water partition coefficient (Wildman–Crippen LogP) is 3.61. The largest absolute Gasteiger partial charge is 0.489 e. The van der Waals surface area contributed by atoms with Crippen LogP contribution in [0.2, 0.25) is 0 Å². The van der Waals surface area contributed by atoms with Gasteiger partial charge in [-0.05, 0) is 19.1 Å². The topological polar surface area (TPSA) is 64.4 Å². The number of hydrogen-bond donors (Lipinski definition) is 1. The highest BCUT2D eigenvalue weighted by molar-refractivity contribution is 5.66. The van der Waals surface area contributed by atoms with Crippen molar-refractivity contribution in [2.45, 2.75) is 13.5 Å². The number of nitro benzene ring substituents is 1. The molecule has 0 spiro atoms. The zero-order valence-electron chi connectivity index (χ0n) is 11.2. The molecule has 20 heavy (non-hydrogen) atoms. The van der Waals surface area contributed by atoms with Crippen LogP contribution in [0.15, 0.2) is 48.5 Å². The highest BCUT2D eigenvalue weighted by Gasteiger charge is 2.16. The van der Waals surface area contributed by atoms with E-state index in [-0.39, 0.29) is 17.2 Å². The number of nitrogens with one attached hydrogen (secondary N) is 1. The number of nitro groups is 1. The van der Waals surface area contributed by atoms with Gasteiger partial charge in [0, 0.05) is 18.2 Å². The Morgan fingerprint density at radius 1 is 1.15 bits per heavy atom. The standard InChI is InChI=1S/C15H16N2O3/c1-2-16-15-12(7-6-10-14(15)17(18)19)11-20-13-8-4-3-5-9-13/h3-10,16H,2,11H2,1H3. The number of ether oxygens (including phenoxy) is 1. The lowest BCUT2D eigenvalue weighted by molar-refractivity contribution is -0.384. The second-order valence-corrected chi connectivity index (χ2v) is 4.20. The summed E-state index contributed by atoms with van der Waals surface area (Å²) in [6.45, 7) is 2.80. The third kappa shape index (κ3) is 3.26. The Balaban J connectivity index is 2.22. The molecule has 0 bridgehead atoms. The maximum Gasteiger partial charge on any atom is 0.292 e. The molecule has 5 nitrogen and oxygen atoms in total. The number of para-hydroxylation sites is 2. The number of benzene rings is 2. The Kier molecular flexibility index (Phi) is 4.55. The van der Waals surface area contributed by atoms with E-state index in [2.05, 4.69) is 5.32 Å². The van der Waals surface area contributed by atoms with Crippen molar-refractivity contribution in [3.63, 3.8) is 0 Å². The van der Waals surface area contributed by atoms with E-state index in [1.807, 2.05) is 43.3 Å². The van der Waals surface area contributed by atoms with E-state index in [0.717, 1.165) is 11.3 Å². The monoisotopic (exact) mass is 272 g/mol. The van der Waals surface area contributed by atoms with Crippen molar-refractivity contribution in [1.82, 2.24) is 0 Å². The molecule has 2 aromatic carbocycles. The molecular weight excluding hydrogens is 256 g/mol. The lowest BCUT2D eigenvalue weighted by Gasteiger charge is -2.12. The maximum atomic E-state index is 11.0. The van der Waals surface area contributed by atoms with E-state index in [1.54, 1.807) is 6.07 Å². The van der Waals surface area contributed by atoms with E-state index in [0.29, 0.717) is 12.2 Å². The molecule has 0 aromatic heterocycles. The SMILES string of the molecule is CCNc1c(COc2ccccc2)cccc1[N+](=O)[O-]. The van der Waals surface area contributed by atoms with Crippen LogP contribution in [0.4, 0.5) is 11.4 Å². The molecule has 0 saturated carbocycles. The van der Waals surface area contributed by atoms with Crippen LogP contribution in [-0.2, 0) is 6.61 Å². The molecule has 0 unspecified atom stereocenters. The van der Waals surface area contributed by atoms with Crippen molar-refractivity contribution < 1.29 is 9.66 Å². The Morgan fingerprint density at radius 3 is 2.55 bits per heavy atom. The smallest absolute Gasteiger partial charge is 0.292 e. The first-order valence-electron chi connectivity index (χ1n) is 6.40. The van der Waals surface area contributed by atoms with Crippen LogP contribution in [0.5, 0.6) is 5.75 Å². The molecule has 0 saturated heterocycles. The molecule has 2 rings (SSSR count). The van der Waals surface area contributed by atoms with Gasteiger partial charge in [0.15, 0.2) is 0 Å². The van der Waals surface area contributed by atoms with Gasteiger partial charge in [0.2, 0.25) is 0 Å². The minimum Gasteiger partial charge on any atom is -0.489 e. The quantitative estimate of drug-likeness (QED) is 0.644. The fourth-order valence-corrected chi connectivity index (χ4v) is 1.92. The normalized spacial score (nSPS) is 10.1. The number of hydrogen-bond acceptors (Lipinski definition) is 4. The maximum absolute atomic E-state index is 11.0. The van der Waals surface area contributed by atoms with Gasteiger partial charge < -0.3 is 10.1 Å². The zero-order valence-corrected chi connectivity index (χ0v) is 11.2. The first-order chi connectivity index (χ1) is 9.72. The predicted molar refractivity (Wildman–Crippen MR) is 78.0 cm³/mol. The minimum atomic E-state index is -0.385. The van der Waals surface area contributed by atoms with Crippen molar-refractivity contribution in [3.8, 4) is 5.75 Å². The molecule has 104 valence electrons. The lowest BCUT2D eigenvalue weighted by atomic mass is 10.1. The molecule has 2 aromatic rings. The Bertz CT molecular complexity index is 585. The van der Waals surface area contributed by atoms with E-state index in [1.165, 1.54) is 6.07 Å². The molecular formula is C15H16N2O3. The Morgan fingerprint density at radius 2 is 1.90 bits per heavy atom. The molecule has 0 aliphatic heterocycles. The minimum absolute atomic E-state index is 0.0704. The van der Waals surface area contributed by atoms with Crippen LogP contribution in [0.25, 0.3) is 0 Å². The summed E-state index contributed by atoms with van der Waals surface area (Å²) < 4.78 is 5.65. The molecule has 5 heteroatoms. The Hall–Kier alpha value is -2.56. The van der Waals surface area contributed by atoms with Gasteiger partial charge in [-0.25, -0.2) is 0 Å². The van der Waals surface area contributed by atoms with Gasteiger partial charge in [-0.1, -0.05) is 30.3 Å². The Labute approximate surface area is 117 Å². The van der Waals surface area contributed by atoms with Crippen molar-refractivity contribution in [2.24, 2.45) is 0 Å². The average Bonchev–Trinajstić information content (AvgIpc) is 2.47. The summed E-state index contributed by atoms with van der Waals surface area (Å²) in [6.07, 6.45) is 0. The van der Waals surface area contributed by atoms with Crippen molar-refractivity contribution in [2.75, 3.05) is 11.9 Å². The highest BCUT2D eigenvalue weighted by atomic mass is 16.6. The summed E-state index contributed by atoms with van der Waals surface area (Å²) in [6, 6.07) is 14.4.